The molecular formula is C29H28F3N3O. The summed E-state index contributed by atoms with van der Waals surface area (Å²) in [7, 11) is 0. The number of hydrogen-bond acceptors (Lipinski definition) is 3. The van der Waals surface area contributed by atoms with E-state index in [1.54, 1.807) is 11.8 Å². The van der Waals surface area contributed by atoms with E-state index in [9.17, 15) is 18.0 Å². The number of benzene rings is 3. The molecule has 1 unspecified atom stereocenters. The number of carbonyl (C=O) groups is 1. The Kier molecular flexibility index (Phi) is 6.58. The summed E-state index contributed by atoms with van der Waals surface area (Å²) >= 11 is 0. The van der Waals surface area contributed by atoms with Crippen LogP contribution in [-0.4, -0.2) is 47.9 Å². The number of carbonyl (C=O) groups excluding carboxylic acids is 1. The minimum Gasteiger partial charge on any atom is -0.337 e. The number of fused-ring (bicyclic) bond motifs is 1. The van der Waals surface area contributed by atoms with E-state index < -0.39 is 23.5 Å². The van der Waals surface area contributed by atoms with Crippen molar-refractivity contribution in [2.75, 3.05) is 31.1 Å². The molecule has 1 saturated heterocycles. The second kappa shape index (κ2) is 9.82. The lowest BCUT2D eigenvalue weighted by molar-refractivity contribution is 0.0396. The minimum atomic E-state index is -1.15. The van der Waals surface area contributed by atoms with Gasteiger partial charge in [0.15, 0.2) is 11.6 Å². The third-order valence-corrected chi connectivity index (χ3v) is 7.20. The van der Waals surface area contributed by atoms with E-state index in [1.165, 1.54) is 0 Å². The zero-order valence-corrected chi connectivity index (χ0v) is 20.3. The third kappa shape index (κ3) is 4.39. The molecule has 2 atom stereocenters. The highest BCUT2D eigenvalue weighted by Crippen LogP contribution is 2.33. The molecule has 186 valence electrons. The number of piperazine rings is 1. The van der Waals surface area contributed by atoms with Gasteiger partial charge in [-0.25, -0.2) is 13.2 Å². The topological polar surface area (TPSA) is 26.8 Å². The summed E-state index contributed by atoms with van der Waals surface area (Å²) < 4.78 is 42.4. The second-order valence-corrected chi connectivity index (χ2v) is 9.39. The quantitative estimate of drug-likeness (QED) is 0.408. The number of rotatable bonds is 4. The molecule has 2 aliphatic rings. The molecule has 5 rings (SSSR count). The smallest absolute Gasteiger partial charge is 0.254 e. The minimum absolute atomic E-state index is 0.0802. The molecule has 3 aromatic rings. The van der Waals surface area contributed by atoms with Crippen LogP contribution in [0, 0.1) is 17.5 Å². The van der Waals surface area contributed by atoms with Crippen LogP contribution in [0.5, 0.6) is 0 Å². The number of halogens is 3. The van der Waals surface area contributed by atoms with Crippen LogP contribution < -0.4 is 4.90 Å². The predicted molar refractivity (Wildman–Crippen MR) is 136 cm³/mol. The molecule has 7 heteroatoms. The lowest BCUT2D eigenvalue weighted by Gasteiger charge is -2.42. The van der Waals surface area contributed by atoms with Crippen LogP contribution in [0.2, 0.25) is 0 Å². The summed E-state index contributed by atoms with van der Waals surface area (Å²) in [6.07, 6.45) is 4.23. The van der Waals surface area contributed by atoms with Crippen LogP contribution in [0.1, 0.15) is 41.4 Å². The summed E-state index contributed by atoms with van der Waals surface area (Å²) in [6.45, 7) is 5.61. The Morgan fingerprint density at radius 1 is 0.944 bits per heavy atom. The van der Waals surface area contributed by atoms with Crippen LogP contribution >= 0.6 is 0 Å². The van der Waals surface area contributed by atoms with Gasteiger partial charge in [-0.1, -0.05) is 30.4 Å². The van der Waals surface area contributed by atoms with Gasteiger partial charge in [0.2, 0.25) is 0 Å². The number of nitrogens with zero attached hydrogens (tertiary/aromatic N) is 3. The van der Waals surface area contributed by atoms with E-state index in [4.69, 9.17) is 0 Å². The van der Waals surface area contributed by atoms with Gasteiger partial charge in [0.1, 0.15) is 5.82 Å². The Balaban J connectivity index is 1.28. The van der Waals surface area contributed by atoms with E-state index in [0.29, 0.717) is 25.2 Å². The monoisotopic (exact) mass is 491 g/mol. The number of anilines is 2. The molecule has 0 saturated carbocycles. The fourth-order valence-electron chi connectivity index (χ4n) is 5.20. The summed E-state index contributed by atoms with van der Waals surface area (Å²) in [5.41, 5.74) is 3.61. The molecule has 0 aromatic heterocycles. The van der Waals surface area contributed by atoms with Gasteiger partial charge < -0.3 is 9.80 Å². The van der Waals surface area contributed by atoms with Gasteiger partial charge in [-0.05, 0) is 61.9 Å². The molecule has 0 bridgehead atoms. The van der Waals surface area contributed by atoms with Crippen molar-refractivity contribution in [3.8, 4) is 0 Å². The van der Waals surface area contributed by atoms with Gasteiger partial charge in [-0.15, -0.1) is 0 Å². The van der Waals surface area contributed by atoms with Crippen molar-refractivity contribution in [3.05, 3.63) is 101 Å². The van der Waals surface area contributed by atoms with Crippen LogP contribution in [0.15, 0.2) is 66.7 Å². The van der Waals surface area contributed by atoms with Crippen molar-refractivity contribution in [1.29, 1.82) is 0 Å². The number of amides is 1. The van der Waals surface area contributed by atoms with Crippen molar-refractivity contribution >= 4 is 23.4 Å². The zero-order chi connectivity index (χ0) is 25.4. The molecule has 1 fully saturated rings. The molecule has 0 spiro atoms. The van der Waals surface area contributed by atoms with E-state index in [1.807, 2.05) is 48.2 Å². The molecule has 3 aromatic carbocycles. The Morgan fingerprint density at radius 2 is 1.67 bits per heavy atom. The Hall–Kier alpha value is -3.58. The molecule has 0 aliphatic carbocycles. The molecule has 0 N–H and O–H groups in total. The van der Waals surface area contributed by atoms with Gasteiger partial charge >= 0.3 is 0 Å². The van der Waals surface area contributed by atoms with Crippen molar-refractivity contribution in [2.24, 2.45) is 0 Å². The Morgan fingerprint density at radius 3 is 2.42 bits per heavy atom. The zero-order valence-electron chi connectivity index (χ0n) is 20.3. The summed E-state index contributed by atoms with van der Waals surface area (Å²) in [4.78, 5) is 19.2. The molecule has 0 radical (unpaired) electrons. The Labute approximate surface area is 209 Å². The average molecular weight is 492 g/mol. The van der Waals surface area contributed by atoms with E-state index in [2.05, 4.69) is 29.2 Å². The van der Waals surface area contributed by atoms with Crippen LogP contribution in [-0.2, 0) is 0 Å². The molecule has 4 nitrogen and oxygen atoms in total. The van der Waals surface area contributed by atoms with Crippen LogP contribution in [0.25, 0.3) is 6.08 Å². The van der Waals surface area contributed by atoms with Crippen molar-refractivity contribution in [3.63, 3.8) is 0 Å². The largest absolute Gasteiger partial charge is 0.337 e. The molecule has 36 heavy (non-hydrogen) atoms. The molecule has 2 aliphatic heterocycles. The van der Waals surface area contributed by atoms with Crippen molar-refractivity contribution < 1.29 is 18.0 Å². The fourth-order valence-corrected chi connectivity index (χ4v) is 5.20. The van der Waals surface area contributed by atoms with Gasteiger partial charge in [0, 0.05) is 60.8 Å². The van der Waals surface area contributed by atoms with Gasteiger partial charge in [-0.3, -0.25) is 9.69 Å². The van der Waals surface area contributed by atoms with Gasteiger partial charge in [0.25, 0.3) is 5.91 Å². The highest BCUT2D eigenvalue weighted by molar-refractivity contribution is 5.95. The number of hydrogen-bond donors (Lipinski definition) is 0. The van der Waals surface area contributed by atoms with E-state index >= 15 is 0 Å². The third-order valence-electron chi connectivity index (χ3n) is 7.20. The second-order valence-electron chi connectivity index (χ2n) is 9.39. The maximum absolute atomic E-state index is 14.3. The van der Waals surface area contributed by atoms with Crippen LogP contribution in [0.3, 0.4) is 0 Å². The molecule has 2 heterocycles. The number of para-hydroxylation sites is 1. The standard InChI is InChI=1S/C29H28F3N3O/c1-19-18-33(20(2)27-24(30)13-14-25(31)28(27)32)16-17-34(19)29(36)22-9-11-23(12-10-22)35-15-5-7-21-6-3-4-8-26(21)35/h3-14,19-20H,15-18H2,1-2H3/t19-,20?/m0/s1. The lowest BCUT2D eigenvalue weighted by Crippen LogP contribution is -2.54. The first-order valence-electron chi connectivity index (χ1n) is 12.2. The maximum Gasteiger partial charge on any atom is 0.254 e. The summed E-state index contributed by atoms with van der Waals surface area (Å²) in [6, 6.07) is 16.7. The van der Waals surface area contributed by atoms with E-state index in [0.717, 1.165) is 35.6 Å². The highest BCUT2D eigenvalue weighted by atomic mass is 19.2. The van der Waals surface area contributed by atoms with Gasteiger partial charge in [-0.2, -0.15) is 0 Å². The van der Waals surface area contributed by atoms with Crippen LogP contribution in [0.4, 0.5) is 24.5 Å². The first-order valence-corrected chi connectivity index (χ1v) is 12.2. The fraction of sp³-hybridized carbons (Fsp3) is 0.276. The maximum atomic E-state index is 14.3. The summed E-state index contributed by atoms with van der Waals surface area (Å²) in [5.74, 6) is -3.06. The van der Waals surface area contributed by atoms with Gasteiger partial charge in [0.05, 0.1) is 0 Å². The normalized spacial score (nSPS) is 18.8. The molecule has 1 amide bonds. The van der Waals surface area contributed by atoms with Crippen molar-refractivity contribution in [2.45, 2.75) is 25.9 Å². The molecular weight excluding hydrogens is 463 g/mol. The highest BCUT2D eigenvalue weighted by Gasteiger charge is 2.33. The van der Waals surface area contributed by atoms with Crippen molar-refractivity contribution in [1.82, 2.24) is 9.80 Å². The first kappa shape index (κ1) is 24.1. The van der Waals surface area contributed by atoms with E-state index in [-0.39, 0.29) is 17.5 Å². The predicted octanol–water partition coefficient (Wildman–Crippen LogP) is 6.18. The summed E-state index contributed by atoms with van der Waals surface area (Å²) in [5, 5.41) is 0. The lowest BCUT2D eigenvalue weighted by atomic mass is 10.0. The SMILES string of the molecule is CC(c1c(F)ccc(F)c1F)N1CCN(C(=O)c2ccc(N3CC=Cc4ccccc43)cc2)[C@@H](C)C1. The Bertz CT molecular complexity index is 1310. The average Bonchev–Trinajstić information content (AvgIpc) is 2.90. The first-order chi connectivity index (χ1) is 17.3.